The molecule has 16 heavy (non-hydrogen) atoms. The van der Waals surface area contributed by atoms with Crippen molar-refractivity contribution in [2.24, 2.45) is 0 Å². The molecular formula is C10H22N2O3S. The summed E-state index contributed by atoms with van der Waals surface area (Å²) in [5.74, 6) is 0. The van der Waals surface area contributed by atoms with E-state index in [0.717, 1.165) is 0 Å². The molecule has 1 saturated heterocycles. The van der Waals surface area contributed by atoms with E-state index in [4.69, 9.17) is 4.74 Å². The highest BCUT2D eigenvalue weighted by Gasteiger charge is 2.36. The topological polar surface area (TPSA) is 58.6 Å². The van der Waals surface area contributed by atoms with Crippen molar-refractivity contribution < 1.29 is 13.2 Å². The average Bonchev–Trinajstić information content (AvgIpc) is 2.16. The quantitative estimate of drug-likeness (QED) is 0.765. The van der Waals surface area contributed by atoms with E-state index < -0.39 is 15.3 Å². The van der Waals surface area contributed by atoms with Gasteiger partial charge in [0.25, 0.3) is 0 Å². The van der Waals surface area contributed by atoms with Crippen LogP contribution in [0.5, 0.6) is 0 Å². The summed E-state index contributed by atoms with van der Waals surface area (Å²) >= 11 is 0. The molecule has 0 radical (unpaired) electrons. The Labute approximate surface area is 98.2 Å². The van der Waals surface area contributed by atoms with Crippen molar-refractivity contribution in [3.63, 3.8) is 0 Å². The molecule has 1 fully saturated rings. The molecule has 0 saturated carbocycles. The van der Waals surface area contributed by atoms with Crippen LogP contribution in [0.3, 0.4) is 0 Å². The lowest BCUT2D eigenvalue weighted by Crippen LogP contribution is -2.53. The van der Waals surface area contributed by atoms with Crippen molar-refractivity contribution >= 4 is 10.0 Å². The maximum Gasteiger partial charge on any atom is 0.218 e. The Morgan fingerprint density at radius 3 is 2.62 bits per heavy atom. The summed E-state index contributed by atoms with van der Waals surface area (Å²) in [4.78, 5) is 0. The van der Waals surface area contributed by atoms with E-state index in [2.05, 4.69) is 5.32 Å². The number of hydrogen-bond donors (Lipinski definition) is 1. The third kappa shape index (κ3) is 3.16. The Balaban J connectivity index is 2.76. The number of rotatable bonds is 4. The fourth-order valence-corrected chi connectivity index (χ4v) is 3.54. The maximum absolute atomic E-state index is 12.2. The lowest BCUT2D eigenvalue weighted by atomic mass is 10.1. The number of hydrogen-bond acceptors (Lipinski definition) is 4. The van der Waals surface area contributed by atoms with E-state index in [9.17, 15) is 8.42 Å². The molecule has 1 unspecified atom stereocenters. The smallest absolute Gasteiger partial charge is 0.218 e. The van der Waals surface area contributed by atoms with E-state index in [0.29, 0.717) is 26.2 Å². The van der Waals surface area contributed by atoms with Gasteiger partial charge in [-0.25, -0.2) is 8.42 Å². The first-order chi connectivity index (χ1) is 7.29. The lowest BCUT2D eigenvalue weighted by Gasteiger charge is -2.38. The number of nitrogens with one attached hydrogen (secondary N) is 1. The van der Waals surface area contributed by atoms with Gasteiger partial charge in [-0.2, -0.15) is 4.31 Å². The maximum atomic E-state index is 12.2. The summed E-state index contributed by atoms with van der Waals surface area (Å²) in [7, 11) is -1.45. The molecule has 0 spiro atoms. The van der Waals surface area contributed by atoms with Crippen LogP contribution in [0.2, 0.25) is 0 Å². The first-order valence-electron chi connectivity index (χ1n) is 5.57. The highest BCUT2D eigenvalue weighted by molar-refractivity contribution is 7.89. The zero-order valence-electron chi connectivity index (χ0n) is 10.5. The van der Waals surface area contributed by atoms with Crippen molar-refractivity contribution in [1.82, 2.24) is 9.62 Å². The van der Waals surface area contributed by atoms with Crippen LogP contribution in [0.4, 0.5) is 0 Å². The number of ether oxygens (including phenoxy) is 1. The predicted octanol–water partition coefficient (Wildman–Crippen LogP) is 0.0349. The highest BCUT2D eigenvalue weighted by atomic mass is 32.2. The van der Waals surface area contributed by atoms with Gasteiger partial charge in [0, 0.05) is 19.6 Å². The molecule has 0 aromatic carbocycles. The number of morpholine rings is 1. The monoisotopic (exact) mass is 250 g/mol. The summed E-state index contributed by atoms with van der Waals surface area (Å²) in [5.41, 5.74) is -0.384. The fourth-order valence-electron chi connectivity index (χ4n) is 1.84. The van der Waals surface area contributed by atoms with Crippen LogP contribution in [0.25, 0.3) is 0 Å². The van der Waals surface area contributed by atoms with Gasteiger partial charge in [0.1, 0.15) is 0 Å². The molecule has 0 bridgehead atoms. The minimum absolute atomic E-state index is 0.384. The van der Waals surface area contributed by atoms with Crippen molar-refractivity contribution in [1.29, 1.82) is 0 Å². The molecule has 0 aliphatic carbocycles. The fraction of sp³-hybridized carbons (Fsp3) is 1.00. The van der Waals surface area contributed by atoms with Gasteiger partial charge in [0.15, 0.2) is 0 Å². The highest BCUT2D eigenvalue weighted by Crippen LogP contribution is 2.20. The molecule has 1 aliphatic heterocycles. The van der Waals surface area contributed by atoms with Gasteiger partial charge in [0.2, 0.25) is 10.0 Å². The largest absolute Gasteiger partial charge is 0.373 e. The predicted molar refractivity (Wildman–Crippen MR) is 63.9 cm³/mol. The third-order valence-electron chi connectivity index (χ3n) is 2.75. The SMILES string of the molecule is CNCC(C)S(=O)(=O)N1CCOC(C)(C)C1. The summed E-state index contributed by atoms with van der Waals surface area (Å²) in [6.45, 7) is 7.39. The van der Waals surface area contributed by atoms with Crippen molar-refractivity contribution in [2.45, 2.75) is 31.6 Å². The normalized spacial score (nSPS) is 24.2. The van der Waals surface area contributed by atoms with Crippen LogP contribution in [0.1, 0.15) is 20.8 Å². The van der Waals surface area contributed by atoms with Gasteiger partial charge in [-0.3, -0.25) is 0 Å². The van der Waals surface area contributed by atoms with E-state index in [-0.39, 0.29) is 5.60 Å². The minimum Gasteiger partial charge on any atom is -0.373 e. The first kappa shape index (κ1) is 13.9. The molecule has 5 nitrogen and oxygen atoms in total. The van der Waals surface area contributed by atoms with Gasteiger partial charge < -0.3 is 10.1 Å². The molecule has 0 aromatic heterocycles. The van der Waals surface area contributed by atoms with Crippen LogP contribution in [-0.4, -0.2) is 56.9 Å². The van der Waals surface area contributed by atoms with Crippen LogP contribution >= 0.6 is 0 Å². The van der Waals surface area contributed by atoms with E-state index in [1.807, 2.05) is 13.8 Å². The Morgan fingerprint density at radius 1 is 1.50 bits per heavy atom. The Hall–Kier alpha value is -0.170. The summed E-state index contributed by atoms with van der Waals surface area (Å²) in [6, 6.07) is 0. The van der Waals surface area contributed by atoms with Gasteiger partial charge in [-0.1, -0.05) is 0 Å². The van der Waals surface area contributed by atoms with Crippen LogP contribution in [-0.2, 0) is 14.8 Å². The molecule has 1 atom stereocenters. The summed E-state index contributed by atoms with van der Waals surface area (Å²) in [5, 5.41) is 2.50. The summed E-state index contributed by atoms with van der Waals surface area (Å²) in [6.07, 6.45) is 0. The lowest BCUT2D eigenvalue weighted by molar-refractivity contribution is -0.0641. The van der Waals surface area contributed by atoms with E-state index in [1.54, 1.807) is 18.3 Å². The second-order valence-corrected chi connectivity index (χ2v) is 7.21. The van der Waals surface area contributed by atoms with Gasteiger partial charge in [0.05, 0.1) is 17.5 Å². The molecule has 6 heteroatoms. The molecular weight excluding hydrogens is 228 g/mol. The standard InChI is InChI=1S/C10H22N2O3S/c1-9(7-11-4)16(13,14)12-5-6-15-10(2,3)8-12/h9,11H,5-8H2,1-4H3. The number of sulfonamides is 1. The first-order valence-corrected chi connectivity index (χ1v) is 7.07. The van der Waals surface area contributed by atoms with Gasteiger partial charge in [-0.05, 0) is 27.8 Å². The van der Waals surface area contributed by atoms with Crippen LogP contribution in [0, 0.1) is 0 Å². The van der Waals surface area contributed by atoms with E-state index in [1.165, 1.54) is 0 Å². The molecule has 96 valence electrons. The Morgan fingerprint density at radius 2 is 2.12 bits per heavy atom. The van der Waals surface area contributed by atoms with Crippen molar-refractivity contribution in [3.8, 4) is 0 Å². The minimum atomic E-state index is -3.20. The van der Waals surface area contributed by atoms with Gasteiger partial charge >= 0.3 is 0 Å². The van der Waals surface area contributed by atoms with Crippen molar-refractivity contribution in [2.75, 3.05) is 33.3 Å². The summed E-state index contributed by atoms with van der Waals surface area (Å²) < 4.78 is 31.4. The van der Waals surface area contributed by atoms with Crippen molar-refractivity contribution in [3.05, 3.63) is 0 Å². The second-order valence-electron chi connectivity index (χ2n) is 4.85. The zero-order valence-corrected chi connectivity index (χ0v) is 11.3. The second kappa shape index (κ2) is 5.00. The Kier molecular flexibility index (Phi) is 4.34. The molecule has 0 aromatic rings. The van der Waals surface area contributed by atoms with E-state index >= 15 is 0 Å². The molecule has 1 rings (SSSR count). The van der Waals surface area contributed by atoms with Crippen LogP contribution in [0.15, 0.2) is 0 Å². The molecule has 1 N–H and O–H groups in total. The Bertz CT molecular complexity index is 327. The third-order valence-corrected chi connectivity index (χ3v) is 4.97. The van der Waals surface area contributed by atoms with Gasteiger partial charge in [-0.15, -0.1) is 0 Å². The molecule has 1 heterocycles. The zero-order chi connectivity index (χ0) is 12.4. The molecule has 0 amide bonds. The van der Waals surface area contributed by atoms with Crippen LogP contribution < -0.4 is 5.32 Å². The number of nitrogens with zero attached hydrogens (tertiary/aromatic N) is 1. The molecule has 1 aliphatic rings. The average molecular weight is 250 g/mol.